The number of fused-ring (bicyclic) bond motifs is 2. The molecule has 0 saturated carbocycles. The van der Waals surface area contributed by atoms with E-state index in [4.69, 9.17) is 0 Å². The van der Waals surface area contributed by atoms with Crippen molar-refractivity contribution in [2.45, 2.75) is 49.5 Å². The highest BCUT2D eigenvalue weighted by atomic mass is 32.2. The molecule has 4 nitrogen and oxygen atoms in total. The normalized spacial score (nSPS) is 29.5. The molecule has 2 unspecified atom stereocenters. The van der Waals surface area contributed by atoms with Crippen LogP contribution in [0.2, 0.25) is 0 Å². The lowest BCUT2D eigenvalue weighted by molar-refractivity contribution is 0.0893. The Balaban J connectivity index is 1.90. The zero-order chi connectivity index (χ0) is 15.9. The summed E-state index contributed by atoms with van der Waals surface area (Å²) in [5, 5.41) is 8.50. The van der Waals surface area contributed by atoms with Crippen molar-refractivity contribution < 1.29 is 13.2 Å². The zero-order valence-electron chi connectivity index (χ0n) is 12.6. The highest BCUT2D eigenvalue weighted by Crippen LogP contribution is 2.40. The summed E-state index contributed by atoms with van der Waals surface area (Å²) < 4.78 is 24.6. The van der Waals surface area contributed by atoms with E-state index >= 15 is 0 Å². The van der Waals surface area contributed by atoms with Crippen LogP contribution in [0.3, 0.4) is 0 Å². The molecule has 2 saturated heterocycles. The van der Waals surface area contributed by atoms with Gasteiger partial charge in [-0.25, -0.2) is 8.42 Å². The molecule has 2 aliphatic rings. The van der Waals surface area contributed by atoms with Crippen molar-refractivity contribution in [3.8, 4) is 6.07 Å². The number of nitriles is 1. The van der Waals surface area contributed by atoms with Gasteiger partial charge in [0.2, 0.25) is 0 Å². The van der Waals surface area contributed by atoms with Gasteiger partial charge in [0.25, 0.3) is 0 Å². The number of hydrogen-bond donors (Lipinski definition) is 0. The van der Waals surface area contributed by atoms with Crippen LogP contribution < -0.4 is 0 Å². The summed E-state index contributed by atoms with van der Waals surface area (Å²) in [4.78, 5) is 12.8. The summed E-state index contributed by atoms with van der Waals surface area (Å²) in [5.41, 5.74) is 1.77. The van der Waals surface area contributed by atoms with Gasteiger partial charge in [-0.1, -0.05) is 12.5 Å². The van der Waals surface area contributed by atoms with Gasteiger partial charge in [0.1, 0.15) is 0 Å². The predicted octanol–water partition coefficient (Wildman–Crippen LogP) is 2.80. The number of sulfone groups is 1. The zero-order valence-corrected chi connectivity index (χ0v) is 13.4. The van der Waals surface area contributed by atoms with Crippen LogP contribution >= 0.6 is 0 Å². The fourth-order valence-corrected chi connectivity index (χ4v) is 6.34. The maximum atomic E-state index is 12.8. The molecule has 0 radical (unpaired) electrons. The molecule has 3 rings (SSSR count). The Morgan fingerprint density at radius 2 is 1.86 bits per heavy atom. The maximum absolute atomic E-state index is 12.8. The van der Waals surface area contributed by atoms with Gasteiger partial charge < -0.3 is 0 Å². The Bertz CT molecular complexity index is 741. The van der Waals surface area contributed by atoms with Crippen LogP contribution in [0.25, 0.3) is 0 Å². The molecule has 0 aromatic heterocycles. The minimum atomic E-state index is -3.05. The largest absolute Gasteiger partial charge is 0.294 e. The first-order valence-electron chi connectivity index (χ1n) is 7.71. The monoisotopic (exact) mass is 317 g/mol. The fourth-order valence-electron chi connectivity index (χ4n) is 3.81. The van der Waals surface area contributed by atoms with E-state index < -0.39 is 9.84 Å². The van der Waals surface area contributed by atoms with Crippen molar-refractivity contribution in [1.82, 2.24) is 0 Å². The molecule has 1 aromatic carbocycles. The molecule has 5 heteroatoms. The second-order valence-corrected chi connectivity index (χ2v) is 8.97. The number of hydrogen-bond acceptors (Lipinski definition) is 4. The smallest absolute Gasteiger partial charge is 0.167 e. The molecule has 22 heavy (non-hydrogen) atoms. The molecule has 116 valence electrons. The average molecular weight is 317 g/mol. The third-order valence-electron chi connectivity index (χ3n) is 5.01. The first kappa shape index (κ1) is 15.2. The van der Waals surface area contributed by atoms with Crippen molar-refractivity contribution in [1.29, 1.82) is 5.26 Å². The highest BCUT2D eigenvalue weighted by molar-refractivity contribution is 7.92. The van der Waals surface area contributed by atoms with Gasteiger partial charge in [-0.3, -0.25) is 4.79 Å². The van der Waals surface area contributed by atoms with E-state index in [1.807, 2.05) is 13.0 Å². The van der Waals surface area contributed by atoms with Crippen LogP contribution in [0.4, 0.5) is 0 Å². The first-order valence-corrected chi connectivity index (χ1v) is 9.32. The van der Waals surface area contributed by atoms with Crippen molar-refractivity contribution in [2.75, 3.05) is 0 Å². The van der Waals surface area contributed by atoms with Gasteiger partial charge in [-0.15, -0.1) is 0 Å². The van der Waals surface area contributed by atoms with Crippen LogP contribution in [0.1, 0.15) is 53.6 Å². The number of benzene rings is 1. The van der Waals surface area contributed by atoms with E-state index in [1.165, 1.54) is 0 Å². The van der Waals surface area contributed by atoms with Crippen LogP contribution in [-0.4, -0.2) is 24.7 Å². The molecule has 1 aromatic rings. The summed E-state index contributed by atoms with van der Waals surface area (Å²) in [6, 6.07) is 7.33. The summed E-state index contributed by atoms with van der Waals surface area (Å²) in [5.74, 6) is -0.336. The van der Waals surface area contributed by atoms with Gasteiger partial charge in [-0.05, 0) is 50.3 Å². The summed E-state index contributed by atoms with van der Waals surface area (Å²) >= 11 is 0. The fraction of sp³-hybridized carbons (Fsp3) is 0.529. The Morgan fingerprint density at radius 1 is 1.23 bits per heavy atom. The molecular weight excluding hydrogens is 298 g/mol. The molecule has 2 bridgehead atoms. The number of Topliss-reactive ketones (excluding diaryl/α,β-unsaturated/α-hetero) is 1. The first-order chi connectivity index (χ1) is 10.4. The number of rotatable bonds is 2. The third kappa shape index (κ3) is 2.46. The van der Waals surface area contributed by atoms with E-state index in [0.717, 1.165) is 12.0 Å². The number of ketones is 1. The molecule has 2 heterocycles. The highest BCUT2D eigenvalue weighted by Gasteiger charge is 2.46. The summed E-state index contributed by atoms with van der Waals surface area (Å²) in [6.07, 6.45) is 3.10. The van der Waals surface area contributed by atoms with E-state index in [0.29, 0.717) is 36.8 Å². The van der Waals surface area contributed by atoms with Crippen LogP contribution in [0.15, 0.2) is 18.2 Å². The van der Waals surface area contributed by atoms with Crippen molar-refractivity contribution in [3.63, 3.8) is 0 Å². The van der Waals surface area contributed by atoms with Gasteiger partial charge >= 0.3 is 0 Å². The Morgan fingerprint density at radius 3 is 2.45 bits per heavy atom. The van der Waals surface area contributed by atoms with Crippen molar-refractivity contribution in [2.24, 2.45) is 5.92 Å². The predicted molar refractivity (Wildman–Crippen MR) is 83.3 cm³/mol. The Kier molecular flexibility index (Phi) is 3.82. The molecule has 0 spiro atoms. The van der Waals surface area contributed by atoms with E-state index in [2.05, 4.69) is 6.07 Å². The topological polar surface area (TPSA) is 75.0 Å². The third-order valence-corrected chi connectivity index (χ3v) is 7.72. The lowest BCUT2D eigenvalue weighted by Crippen LogP contribution is -2.45. The quantitative estimate of drug-likeness (QED) is 0.786. The number of aryl methyl sites for hydroxylation is 1. The Labute approximate surface area is 131 Å². The maximum Gasteiger partial charge on any atom is 0.167 e. The average Bonchev–Trinajstić information content (AvgIpc) is 2.45. The molecule has 2 aliphatic heterocycles. The minimum Gasteiger partial charge on any atom is -0.294 e. The molecule has 2 atom stereocenters. The SMILES string of the molecule is Cc1ccc(C(=O)C2CC3CCCC(C2)S3(=O)=O)c(C#N)c1. The van der Waals surface area contributed by atoms with Gasteiger partial charge in [0, 0.05) is 11.5 Å². The van der Waals surface area contributed by atoms with E-state index in [9.17, 15) is 18.5 Å². The van der Waals surface area contributed by atoms with Crippen molar-refractivity contribution >= 4 is 15.6 Å². The Hall–Kier alpha value is -1.67. The van der Waals surface area contributed by atoms with Gasteiger partial charge in [0.15, 0.2) is 15.6 Å². The number of carbonyl (C=O) groups excluding carboxylic acids is 1. The summed E-state index contributed by atoms with van der Waals surface area (Å²) in [6.45, 7) is 1.88. The lowest BCUT2D eigenvalue weighted by atomic mass is 9.83. The summed E-state index contributed by atoms with van der Waals surface area (Å²) in [7, 11) is -3.05. The van der Waals surface area contributed by atoms with Crippen LogP contribution in [-0.2, 0) is 9.84 Å². The van der Waals surface area contributed by atoms with E-state index in [1.54, 1.807) is 12.1 Å². The molecule has 0 aliphatic carbocycles. The number of nitrogens with zero attached hydrogens (tertiary/aromatic N) is 1. The molecule has 0 N–H and O–H groups in total. The van der Waals surface area contributed by atoms with Gasteiger partial charge in [0.05, 0.1) is 22.1 Å². The second kappa shape index (κ2) is 5.51. The second-order valence-electron chi connectivity index (χ2n) is 6.46. The standard InChI is InChI=1S/C17H19NO3S/c1-11-5-6-16(13(7-11)10-18)17(19)12-8-14-3-2-4-15(9-12)22(14,20)21/h5-7,12,14-15H,2-4,8-9H2,1H3. The number of carbonyl (C=O) groups is 1. The van der Waals surface area contributed by atoms with Crippen LogP contribution in [0.5, 0.6) is 0 Å². The van der Waals surface area contributed by atoms with E-state index in [-0.39, 0.29) is 22.2 Å². The van der Waals surface area contributed by atoms with Gasteiger partial charge in [-0.2, -0.15) is 5.26 Å². The molecular formula is C17H19NO3S. The van der Waals surface area contributed by atoms with Crippen LogP contribution in [0, 0.1) is 24.2 Å². The minimum absolute atomic E-state index is 0.0663. The lowest BCUT2D eigenvalue weighted by Gasteiger charge is -2.38. The van der Waals surface area contributed by atoms with Crippen molar-refractivity contribution in [3.05, 3.63) is 34.9 Å². The molecule has 2 fully saturated rings. The molecule has 0 amide bonds.